The van der Waals surface area contributed by atoms with Crippen LogP contribution in [0.3, 0.4) is 0 Å². The summed E-state index contributed by atoms with van der Waals surface area (Å²) in [6.07, 6.45) is 2.24. The van der Waals surface area contributed by atoms with Gasteiger partial charge in [0.2, 0.25) is 0 Å². The third-order valence-electron chi connectivity index (χ3n) is 5.32. The molecule has 4 rings (SSSR count). The third kappa shape index (κ3) is 4.39. The van der Waals surface area contributed by atoms with Gasteiger partial charge in [0.05, 0.1) is 5.71 Å². The minimum atomic E-state index is -0.324. The third-order valence-corrected chi connectivity index (χ3v) is 5.58. The van der Waals surface area contributed by atoms with E-state index in [9.17, 15) is 9.59 Å². The fourth-order valence-corrected chi connectivity index (χ4v) is 3.80. The second-order valence-corrected chi connectivity index (χ2v) is 7.92. The molecule has 7 heteroatoms. The molecule has 0 saturated heterocycles. The van der Waals surface area contributed by atoms with Gasteiger partial charge in [0.15, 0.2) is 5.76 Å². The second kappa shape index (κ2) is 8.78. The number of carbonyl (C=O) groups is 2. The van der Waals surface area contributed by atoms with Crippen LogP contribution in [0, 0.1) is 13.8 Å². The van der Waals surface area contributed by atoms with Gasteiger partial charge >= 0.3 is 0 Å². The van der Waals surface area contributed by atoms with E-state index in [2.05, 4.69) is 15.8 Å². The van der Waals surface area contributed by atoms with Crippen molar-refractivity contribution in [3.05, 3.63) is 87.3 Å². The summed E-state index contributed by atoms with van der Waals surface area (Å²) in [6.45, 7) is 3.78. The molecule has 0 saturated carbocycles. The maximum absolute atomic E-state index is 12.9. The highest BCUT2D eigenvalue weighted by molar-refractivity contribution is 6.30. The first-order valence-corrected chi connectivity index (χ1v) is 10.4. The summed E-state index contributed by atoms with van der Waals surface area (Å²) in [6, 6.07) is 14.2. The zero-order valence-electron chi connectivity index (χ0n) is 17.3. The molecule has 1 aliphatic rings. The van der Waals surface area contributed by atoms with Crippen LogP contribution >= 0.6 is 11.6 Å². The topological polar surface area (TPSA) is 83.7 Å². The molecule has 0 spiro atoms. The van der Waals surface area contributed by atoms with Gasteiger partial charge in [0.25, 0.3) is 11.8 Å². The van der Waals surface area contributed by atoms with E-state index in [0.717, 1.165) is 41.0 Å². The Morgan fingerprint density at radius 3 is 2.48 bits per heavy atom. The Morgan fingerprint density at radius 2 is 1.74 bits per heavy atom. The number of amides is 2. The maximum Gasteiger partial charge on any atom is 0.291 e. The number of hydrogen-bond donors (Lipinski definition) is 2. The summed E-state index contributed by atoms with van der Waals surface area (Å²) >= 11 is 5.87. The molecule has 2 amide bonds. The van der Waals surface area contributed by atoms with Crippen molar-refractivity contribution < 1.29 is 14.0 Å². The Morgan fingerprint density at radius 1 is 1.00 bits per heavy atom. The van der Waals surface area contributed by atoms with E-state index >= 15 is 0 Å². The molecular formula is C24H22ClN3O3. The number of fused-ring (bicyclic) bond motifs is 1. The van der Waals surface area contributed by atoms with Gasteiger partial charge in [-0.2, -0.15) is 5.10 Å². The van der Waals surface area contributed by atoms with Crippen molar-refractivity contribution in [2.45, 2.75) is 33.1 Å². The van der Waals surface area contributed by atoms with Crippen molar-refractivity contribution >= 4 is 34.8 Å². The predicted molar refractivity (Wildman–Crippen MR) is 121 cm³/mol. The van der Waals surface area contributed by atoms with Crippen molar-refractivity contribution in [1.29, 1.82) is 0 Å². The highest BCUT2D eigenvalue weighted by atomic mass is 35.5. The minimum absolute atomic E-state index is 0.270. The van der Waals surface area contributed by atoms with Crippen LogP contribution in [0.15, 0.2) is 58.0 Å². The van der Waals surface area contributed by atoms with Crippen molar-refractivity contribution in [1.82, 2.24) is 5.43 Å². The molecule has 0 atom stereocenters. The summed E-state index contributed by atoms with van der Waals surface area (Å²) in [7, 11) is 0. The minimum Gasteiger partial charge on any atom is -0.455 e. The molecule has 158 valence electrons. The highest BCUT2D eigenvalue weighted by Gasteiger charge is 2.28. The Labute approximate surface area is 185 Å². The number of hydrazone groups is 1. The van der Waals surface area contributed by atoms with Gasteiger partial charge in [-0.25, -0.2) is 5.43 Å². The first kappa shape index (κ1) is 20.9. The molecule has 0 fully saturated rings. The lowest BCUT2D eigenvalue weighted by molar-refractivity contribution is 0.0953. The normalized spacial score (nSPS) is 14.2. The van der Waals surface area contributed by atoms with Crippen molar-refractivity contribution in [2.75, 3.05) is 5.32 Å². The molecule has 1 aromatic heterocycles. The summed E-state index contributed by atoms with van der Waals surface area (Å²) < 4.78 is 5.93. The van der Waals surface area contributed by atoms with Gasteiger partial charge in [-0.15, -0.1) is 0 Å². The van der Waals surface area contributed by atoms with Crippen LogP contribution in [0.25, 0.3) is 0 Å². The van der Waals surface area contributed by atoms with Crippen molar-refractivity contribution in [3.63, 3.8) is 0 Å². The first-order chi connectivity index (χ1) is 14.9. The first-order valence-electron chi connectivity index (χ1n) is 10.1. The summed E-state index contributed by atoms with van der Waals surface area (Å²) in [4.78, 5) is 25.3. The molecular weight excluding hydrogens is 414 g/mol. The Balaban J connectivity index is 1.57. The summed E-state index contributed by atoms with van der Waals surface area (Å²) in [5.41, 5.74) is 7.02. The number of nitrogens with one attached hydrogen (secondary N) is 2. The number of rotatable bonds is 4. The Kier molecular flexibility index (Phi) is 5.91. The smallest absolute Gasteiger partial charge is 0.291 e. The molecule has 2 aromatic carbocycles. The van der Waals surface area contributed by atoms with E-state index in [0.29, 0.717) is 22.7 Å². The second-order valence-electron chi connectivity index (χ2n) is 7.48. The molecule has 0 radical (unpaired) electrons. The average Bonchev–Trinajstić information content (AvgIpc) is 3.11. The monoisotopic (exact) mass is 435 g/mol. The zero-order valence-corrected chi connectivity index (χ0v) is 18.0. The molecule has 0 bridgehead atoms. The van der Waals surface area contributed by atoms with Gasteiger partial charge in [-0.3, -0.25) is 9.59 Å². The Hall–Kier alpha value is -3.38. The van der Waals surface area contributed by atoms with Crippen LogP contribution in [-0.4, -0.2) is 17.5 Å². The highest BCUT2D eigenvalue weighted by Crippen LogP contribution is 2.30. The lowest BCUT2D eigenvalue weighted by Crippen LogP contribution is -2.22. The van der Waals surface area contributed by atoms with E-state index in [1.807, 2.05) is 38.1 Å². The fourth-order valence-electron chi connectivity index (χ4n) is 3.67. The average molecular weight is 436 g/mol. The number of anilines is 1. The largest absolute Gasteiger partial charge is 0.455 e. The van der Waals surface area contributed by atoms with E-state index in [1.165, 1.54) is 0 Å². The molecule has 1 heterocycles. The number of para-hydroxylation sites is 1. The fraction of sp³-hybridized carbons (Fsp3) is 0.208. The van der Waals surface area contributed by atoms with Gasteiger partial charge in [-0.1, -0.05) is 29.8 Å². The lowest BCUT2D eigenvalue weighted by Gasteiger charge is -2.13. The number of benzene rings is 2. The number of aryl methyl sites for hydroxylation is 2. The zero-order chi connectivity index (χ0) is 22.0. The number of carbonyl (C=O) groups excluding carboxylic acids is 2. The van der Waals surface area contributed by atoms with Gasteiger partial charge in [0, 0.05) is 33.8 Å². The van der Waals surface area contributed by atoms with Crippen molar-refractivity contribution in [3.8, 4) is 0 Å². The number of halogens is 1. The summed E-state index contributed by atoms with van der Waals surface area (Å²) in [5, 5.41) is 7.82. The van der Waals surface area contributed by atoms with Crippen LogP contribution in [0.4, 0.5) is 5.69 Å². The molecule has 6 nitrogen and oxygen atoms in total. The molecule has 1 aliphatic carbocycles. The standard InChI is InChI=1S/C24H22ClN3O3/c1-14-6-3-4-7-18(14)26-24(30)22-15(2)21-19(8-5-9-20(21)31-22)27-28-23(29)16-10-12-17(25)13-11-16/h3-4,6-7,10-13H,5,8-9H2,1-2H3,(H,26,30)(H,28,29)/b27-19+. The van der Waals surface area contributed by atoms with Gasteiger partial charge in [0.1, 0.15) is 5.76 Å². The van der Waals surface area contributed by atoms with E-state index < -0.39 is 0 Å². The molecule has 3 aromatic rings. The molecule has 2 N–H and O–H groups in total. The van der Waals surface area contributed by atoms with Crippen LogP contribution in [0.2, 0.25) is 5.02 Å². The van der Waals surface area contributed by atoms with E-state index in [4.69, 9.17) is 16.0 Å². The Bertz CT molecular complexity index is 1180. The number of furan rings is 1. The quantitative estimate of drug-likeness (QED) is 0.547. The van der Waals surface area contributed by atoms with Crippen LogP contribution in [0.1, 0.15) is 56.2 Å². The predicted octanol–water partition coefficient (Wildman–Crippen LogP) is 5.27. The summed E-state index contributed by atoms with van der Waals surface area (Å²) in [5.74, 6) is 0.366. The molecule has 0 unspecified atom stereocenters. The maximum atomic E-state index is 12.9. The van der Waals surface area contributed by atoms with E-state index in [-0.39, 0.29) is 17.6 Å². The van der Waals surface area contributed by atoms with Gasteiger partial charge in [-0.05, 0) is 62.6 Å². The van der Waals surface area contributed by atoms with Crippen LogP contribution < -0.4 is 10.7 Å². The number of hydrogen-bond acceptors (Lipinski definition) is 4. The van der Waals surface area contributed by atoms with Crippen molar-refractivity contribution in [2.24, 2.45) is 5.10 Å². The van der Waals surface area contributed by atoms with E-state index in [1.54, 1.807) is 24.3 Å². The molecule has 31 heavy (non-hydrogen) atoms. The van der Waals surface area contributed by atoms with Crippen LogP contribution in [-0.2, 0) is 6.42 Å². The number of nitrogens with zero attached hydrogens (tertiary/aromatic N) is 1. The van der Waals surface area contributed by atoms with Crippen LogP contribution in [0.5, 0.6) is 0 Å². The lowest BCUT2D eigenvalue weighted by atomic mass is 9.93. The van der Waals surface area contributed by atoms with Gasteiger partial charge < -0.3 is 9.73 Å². The molecule has 0 aliphatic heterocycles. The SMILES string of the molecule is Cc1ccccc1NC(=O)c1oc2c(c1C)/C(=N/NC(=O)c1ccc(Cl)cc1)CCC2.